The third kappa shape index (κ3) is 0.890. The lowest BCUT2D eigenvalue weighted by Crippen LogP contribution is -2.51. The van der Waals surface area contributed by atoms with E-state index in [0.29, 0.717) is 0 Å². The van der Waals surface area contributed by atoms with Crippen molar-refractivity contribution in [3.63, 3.8) is 0 Å². The maximum Gasteiger partial charge on any atom is 0.0477 e. The highest BCUT2D eigenvalue weighted by molar-refractivity contribution is 5.11. The summed E-state index contributed by atoms with van der Waals surface area (Å²) in [5.41, 5.74) is 1.19. The molecule has 2 nitrogen and oxygen atoms in total. The minimum absolute atomic E-state index is 0.743. The Kier molecular flexibility index (Phi) is 1.46. The topological polar surface area (TPSA) is 15.3 Å². The maximum atomic E-state index is 3.95. The Morgan fingerprint density at radius 2 is 2.36 bits per heavy atom. The molecule has 3 fully saturated rings. The van der Waals surface area contributed by atoms with Crippen LogP contribution in [0, 0.1) is 5.92 Å². The second-order valence-electron chi connectivity index (χ2n) is 3.85. The highest BCUT2D eigenvalue weighted by Gasteiger charge is 2.48. The Morgan fingerprint density at radius 3 is 2.73 bits per heavy atom. The van der Waals surface area contributed by atoms with Crippen molar-refractivity contribution in [1.82, 2.24) is 10.2 Å². The monoisotopic (exact) mass is 152 g/mol. The molecule has 0 aromatic rings. The van der Waals surface area contributed by atoms with Gasteiger partial charge in [-0.1, -0.05) is 6.58 Å². The van der Waals surface area contributed by atoms with Crippen LogP contribution in [0.15, 0.2) is 12.3 Å². The normalized spacial score (nSPS) is 40.0. The third-order valence-electron chi connectivity index (χ3n) is 3.14. The van der Waals surface area contributed by atoms with E-state index in [1.165, 1.54) is 18.7 Å². The summed E-state index contributed by atoms with van der Waals surface area (Å²) in [6.07, 6.45) is 1.38. The largest absolute Gasteiger partial charge is 0.374 e. The summed E-state index contributed by atoms with van der Waals surface area (Å²) in [5, 5.41) is 3.50. The molecule has 2 heteroatoms. The first-order chi connectivity index (χ1) is 5.20. The summed E-state index contributed by atoms with van der Waals surface area (Å²) < 4.78 is 0. The van der Waals surface area contributed by atoms with E-state index in [4.69, 9.17) is 0 Å². The van der Waals surface area contributed by atoms with Gasteiger partial charge in [0.05, 0.1) is 0 Å². The molecule has 0 aromatic carbocycles. The molecule has 0 radical (unpaired) electrons. The number of rotatable bonds is 2. The van der Waals surface area contributed by atoms with E-state index in [9.17, 15) is 0 Å². The number of likely N-dealkylation sites (N-methyl/N-ethyl adjacent to an activating group) is 1. The van der Waals surface area contributed by atoms with Gasteiger partial charge in [0.2, 0.25) is 0 Å². The fourth-order valence-electron chi connectivity index (χ4n) is 2.29. The molecule has 2 saturated heterocycles. The Bertz CT molecular complexity index is 174. The van der Waals surface area contributed by atoms with Gasteiger partial charge in [0.1, 0.15) is 0 Å². The molecule has 1 saturated carbocycles. The molecule has 2 aliphatic heterocycles. The molecule has 62 valence electrons. The van der Waals surface area contributed by atoms with Gasteiger partial charge in [-0.15, -0.1) is 0 Å². The van der Waals surface area contributed by atoms with Crippen molar-refractivity contribution in [2.24, 2.45) is 5.92 Å². The number of nitrogens with one attached hydrogen (secondary N) is 1. The average Bonchev–Trinajstić information content (AvgIpc) is 2.44. The van der Waals surface area contributed by atoms with Gasteiger partial charge >= 0.3 is 0 Å². The van der Waals surface area contributed by atoms with Gasteiger partial charge in [0, 0.05) is 31.4 Å². The number of hydrogen-bond acceptors (Lipinski definition) is 2. The highest BCUT2D eigenvalue weighted by atomic mass is 15.2. The van der Waals surface area contributed by atoms with Crippen LogP contribution in [0.2, 0.25) is 0 Å². The van der Waals surface area contributed by atoms with E-state index >= 15 is 0 Å². The summed E-state index contributed by atoms with van der Waals surface area (Å²) in [4.78, 5) is 2.32. The molecule has 11 heavy (non-hydrogen) atoms. The molecule has 3 atom stereocenters. The summed E-state index contributed by atoms with van der Waals surface area (Å²) in [5.74, 6) is 0.890. The first-order valence-corrected chi connectivity index (χ1v) is 4.32. The summed E-state index contributed by atoms with van der Waals surface area (Å²) >= 11 is 0. The minimum Gasteiger partial charge on any atom is -0.374 e. The van der Waals surface area contributed by atoms with Crippen molar-refractivity contribution in [3.8, 4) is 0 Å². The van der Waals surface area contributed by atoms with Crippen LogP contribution in [0.25, 0.3) is 0 Å². The Hall–Kier alpha value is -0.500. The van der Waals surface area contributed by atoms with Gasteiger partial charge in [-0.25, -0.2) is 0 Å². The van der Waals surface area contributed by atoms with Crippen molar-refractivity contribution >= 4 is 0 Å². The molecule has 0 aromatic heterocycles. The van der Waals surface area contributed by atoms with E-state index in [1.807, 2.05) is 0 Å². The van der Waals surface area contributed by atoms with Crippen LogP contribution in [0.1, 0.15) is 13.3 Å². The second-order valence-corrected chi connectivity index (χ2v) is 3.85. The summed E-state index contributed by atoms with van der Waals surface area (Å²) in [7, 11) is 2.15. The van der Waals surface area contributed by atoms with Crippen LogP contribution in [-0.4, -0.2) is 30.6 Å². The standard InChI is InChI=1S/C9H16N2/c1-6(2)11(3)9-7-4-8(9)10-5-7/h7-10H,1,4-5H2,2-3H3. The Morgan fingerprint density at radius 1 is 1.64 bits per heavy atom. The van der Waals surface area contributed by atoms with Gasteiger partial charge < -0.3 is 10.2 Å². The van der Waals surface area contributed by atoms with Crippen molar-refractivity contribution in [2.45, 2.75) is 25.4 Å². The average molecular weight is 152 g/mol. The molecular formula is C9H16N2. The SMILES string of the molecule is C=C(C)N(C)C1C2CNC1C2. The smallest absolute Gasteiger partial charge is 0.0477 e. The quantitative estimate of drug-likeness (QED) is 0.630. The number of nitrogens with zero attached hydrogens (tertiary/aromatic N) is 1. The second kappa shape index (κ2) is 2.24. The first kappa shape index (κ1) is 7.17. The van der Waals surface area contributed by atoms with Gasteiger partial charge in [0.15, 0.2) is 0 Å². The fraction of sp³-hybridized carbons (Fsp3) is 0.778. The molecule has 0 spiro atoms. The van der Waals surface area contributed by atoms with E-state index in [-0.39, 0.29) is 0 Å². The summed E-state index contributed by atoms with van der Waals surface area (Å²) in [6.45, 7) is 7.25. The van der Waals surface area contributed by atoms with Crippen molar-refractivity contribution in [3.05, 3.63) is 12.3 Å². The first-order valence-electron chi connectivity index (χ1n) is 4.32. The van der Waals surface area contributed by atoms with Crippen LogP contribution in [0.5, 0.6) is 0 Å². The zero-order chi connectivity index (χ0) is 8.01. The highest BCUT2D eigenvalue weighted by Crippen LogP contribution is 2.38. The van der Waals surface area contributed by atoms with E-state index in [2.05, 4.69) is 30.8 Å². The lowest BCUT2D eigenvalue weighted by molar-refractivity contribution is 0.139. The van der Waals surface area contributed by atoms with Gasteiger partial charge in [-0.3, -0.25) is 0 Å². The predicted molar refractivity (Wildman–Crippen MR) is 46.3 cm³/mol. The van der Waals surface area contributed by atoms with Gasteiger partial charge in [-0.2, -0.15) is 0 Å². The zero-order valence-corrected chi connectivity index (χ0v) is 7.30. The molecule has 0 amide bonds. The number of fused-ring (bicyclic) bond motifs is 1. The molecule has 2 bridgehead atoms. The molecule has 3 unspecified atom stereocenters. The molecule has 3 rings (SSSR count). The molecule has 1 N–H and O–H groups in total. The van der Waals surface area contributed by atoms with Crippen LogP contribution in [-0.2, 0) is 0 Å². The van der Waals surface area contributed by atoms with Crippen LogP contribution in [0.4, 0.5) is 0 Å². The predicted octanol–water partition coefficient (Wildman–Crippen LogP) is 0.812. The van der Waals surface area contributed by atoms with Crippen molar-refractivity contribution in [1.29, 1.82) is 0 Å². The number of allylic oxidation sites excluding steroid dienone is 1. The van der Waals surface area contributed by atoms with Crippen LogP contribution < -0.4 is 5.32 Å². The van der Waals surface area contributed by atoms with Crippen LogP contribution in [0.3, 0.4) is 0 Å². The third-order valence-corrected chi connectivity index (χ3v) is 3.14. The van der Waals surface area contributed by atoms with Gasteiger partial charge in [-0.05, 0) is 19.3 Å². The lowest BCUT2D eigenvalue weighted by atomic mass is 9.79. The fourth-order valence-corrected chi connectivity index (χ4v) is 2.29. The molecular weight excluding hydrogens is 136 g/mol. The summed E-state index contributed by atoms with van der Waals surface area (Å²) in [6, 6.07) is 1.49. The van der Waals surface area contributed by atoms with Crippen molar-refractivity contribution in [2.75, 3.05) is 13.6 Å². The van der Waals surface area contributed by atoms with E-state index < -0.39 is 0 Å². The molecule has 3 aliphatic rings. The minimum atomic E-state index is 0.743. The van der Waals surface area contributed by atoms with Gasteiger partial charge in [0.25, 0.3) is 0 Å². The van der Waals surface area contributed by atoms with Crippen molar-refractivity contribution < 1.29 is 0 Å². The lowest BCUT2D eigenvalue weighted by Gasteiger charge is -2.42. The molecule has 1 aliphatic carbocycles. The van der Waals surface area contributed by atoms with E-state index in [1.54, 1.807) is 0 Å². The Balaban J connectivity index is 2.02. The van der Waals surface area contributed by atoms with E-state index in [0.717, 1.165) is 18.0 Å². The Labute approximate surface area is 68.3 Å². The maximum absolute atomic E-state index is 3.95. The number of hydrogen-bond donors (Lipinski definition) is 1. The zero-order valence-electron chi connectivity index (χ0n) is 7.30. The van der Waals surface area contributed by atoms with Crippen LogP contribution >= 0.6 is 0 Å². The molecule has 2 heterocycles.